The average Bonchev–Trinajstić information content (AvgIpc) is 2.25. The van der Waals surface area contributed by atoms with Crippen LogP contribution in [0.3, 0.4) is 0 Å². The highest BCUT2D eigenvalue weighted by molar-refractivity contribution is 9.10. The number of rotatable bonds is 5. The molecule has 0 amide bonds. The highest BCUT2D eigenvalue weighted by Gasteiger charge is 2.14. The molecule has 2 atom stereocenters. The monoisotopic (exact) mass is 303 g/mol. The van der Waals surface area contributed by atoms with Gasteiger partial charge in [0.05, 0.1) is 6.10 Å². The fourth-order valence-corrected chi connectivity index (χ4v) is 1.83. The van der Waals surface area contributed by atoms with Gasteiger partial charge in [0.2, 0.25) is 0 Å². The first-order chi connectivity index (χ1) is 7.91. The Morgan fingerprint density at radius 1 is 1.35 bits per heavy atom. The average molecular weight is 304 g/mol. The van der Waals surface area contributed by atoms with Gasteiger partial charge in [0.25, 0.3) is 0 Å². The van der Waals surface area contributed by atoms with Crippen LogP contribution in [0.25, 0.3) is 0 Å². The van der Waals surface area contributed by atoms with E-state index in [2.05, 4.69) is 21.2 Å². The quantitative estimate of drug-likeness (QED) is 0.875. The molecule has 0 aliphatic carbocycles. The number of aliphatic hydroxyl groups excluding tert-OH is 1. The van der Waals surface area contributed by atoms with Crippen molar-refractivity contribution in [3.8, 4) is 0 Å². The van der Waals surface area contributed by atoms with Crippen LogP contribution in [0.2, 0.25) is 0 Å². The molecule has 1 rings (SSSR count). The lowest BCUT2D eigenvalue weighted by atomic mass is 10.1. The Bertz CT molecular complexity index is 370. The summed E-state index contributed by atoms with van der Waals surface area (Å²) in [6.07, 6.45) is -0.407. The maximum Gasteiger partial charge on any atom is 0.129 e. The second kappa shape index (κ2) is 6.47. The molecule has 0 bridgehead atoms. The fourth-order valence-electron chi connectivity index (χ4n) is 1.50. The minimum absolute atomic E-state index is 0.114. The first-order valence-corrected chi connectivity index (χ1v) is 6.57. The second-order valence-corrected chi connectivity index (χ2v) is 5.52. The van der Waals surface area contributed by atoms with Crippen molar-refractivity contribution in [1.29, 1.82) is 0 Å². The van der Waals surface area contributed by atoms with Crippen molar-refractivity contribution in [2.24, 2.45) is 5.92 Å². The van der Waals surface area contributed by atoms with Crippen molar-refractivity contribution in [2.45, 2.75) is 32.9 Å². The van der Waals surface area contributed by atoms with Gasteiger partial charge < -0.3 is 10.4 Å². The van der Waals surface area contributed by atoms with Gasteiger partial charge >= 0.3 is 0 Å². The van der Waals surface area contributed by atoms with Crippen LogP contribution in [0.5, 0.6) is 0 Å². The van der Waals surface area contributed by atoms with Crippen LogP contribution in [-0.4, -0.2) is 17.8 Å². The van der Waals surface area contributed by atoms with Crippen LogP contribution in [0.4, 0.5) is 4.39 Å². The van der Waals surface area contributed by atoms with E-state index in [1.54, 1.807) is 6.07 Å². The molecular formula is C13H19BrFNO. The van der Waals surface area contributed by atoms with Crippen LogP contribution < -0.4 is 5.32 Å². The van der Waals surface area contributed by atoms with Crippen LogP contribution >= 0.6 is 15.9 Å². The summed E-state index contributed by atoms with van der Waals surface area (Å²) in [6.45, 7) is 6.27. The first kappa shape index (κ1) is 14.6. The third kappa shape index (κ3) is 4.37. The van der Waals surface area contributed by atoms with Crippen molar-refractivity contribution >= 4 is 15.9 Å². The van der Waals surface area contributed by atoms with E-state index in [9.17, 15) is 9.50 Å². The second-order valence-electron chi connectivity index (χ2n) is 4.61. The Kier molecular flexibility index (Phi) is 5.56. The molecule has 0 aromatic heterocycles. The third-order valence-electron chi connectivity index (χ3n) is 2.83. The number of hydrogen-bond acceptors (Lipinski definition) is 2. The Morgan fingerprint density at radius 3 is 2.53 bits per heavy atom. The van der Waals surface area contributed by atoms with Gasteiger partial charge in [-0.15, -0.1) is 0 Å². The van der Waals surface area contributed by atoms with Gasteiger partial charge in [-0.25, -0.2) is 4.39 Å². The van der Waals surface area contributed by atoms with Crippen LogP contribution in [0, 0.1) is 11.7 Å². The molecule has 0 radical (unpaired) electrons. The molecule has 0 aliphatic heterocycles. The van der Waals surface area contributed by atoms with Crippen molar-refractivity contribution in [1.82, 2.24) is 5.32 Å². The van der Waals surface area contributed by atoms with Crippen molar-refractivity contribution in [3.05, 3.63) is 34.1 Å². The zero-order valence-corrected chi connectivity index (χ0v) is 12.0. The lowest BCUT2D eigenvalue weighted by molar-refractivity contribution is 0.120. The van der Waals surface area contributed by atoms with Gasteiger partial charge in [0.1, 0.15) is 5.82 Å². The zero-order chi connectivity index (χ0) is 13.0. The van der Waals surface area contributed by atoms with Gasteiger partial charge in [-0.1, -0.05) is 35.8 Å². The summed E-state index contributed by atoms with van der Waals surface area (Å²) in [7, 11) is 0. The Morgan fingerprint density at radius 2 is 2.00 bits per heavy atom. The summed E-state index contributed by atoms with van der Waals surface area (Å²) in [4.78, 5) is 0. The lowest BCUT2D eigenvalue weighted by Crippen LogP contribution is -2.32. The normalized spacial score (nSPS) is 15.0. The van der Waals surface area contributed by atoms with Crippen LogP contribution in [0.1, 0.15) is 32.4 Å². The number of benzene rings is 1. The van der Waals surface area contributed by atoms with Crippen LogP contribution in [-0.2, 0) is 0 Å². The maximum atomic E-state index is 13.7. The number of halogens is 2. The molecule has 0 saturated carbocycles. The molecule has 2 N–H and O–H groups in total. The molecule has 0 heterocycles. The molecule has 0 saturated heterocycles. The van der Waals surface area contributed by atoms with E-state index in [1.807, 2.05) is 26.8 Å². The molecule has 0 aliphatic rings. The predicted molar refractivity (Wildman–Crippen MR) is 71.4 cm³/mol. The van der Waals surface area contributed by atoms with E-state index < -0.39 is 6.10 Å². The van der Waals surface area contributed by atoms with Gasteiger partial charge in [-0.3, -0.25) is 0 Å². The Hall–Kier alpha value is -0.450. The van der Waals surface area contributed by atoms with Crippen LogP contribution in [0.15, 0.2) is 22.7 Å². The molecule has 0 fully saturated rings. The molecule has 4 heteroatoms. The van der Waals surface area contributed by atoms with E-state index in [0.717, 1.165) is 4.47 Å². The van der Waals surface area contributed by atoms with Crippen molar-refractivity contribution < 1.29 is 9.50 Å². The minimum Gasteiger partial charge on any atom is -0.392 e. The maximum absolute atomic E-state index is 13.7. The molecule has 0 spiro atoms. The highest BCUT2D eigenvalue weighted by atomic mass is 79.9. The van der Waals surface area contributed by atoms with E-state index >= 15 is 0 Å². The number of aliphatic hydroxyl groups is 1. The third-order valence-corrected chi connectivity index (χ3v) is 3.32. The van der Waals surface area contributed by atoms with Crippen molar-refractivity contribution in [3.63, 3.8) is 0 Å². The van der Waals surface area contributed by atoms with Gasteiger partial charge in [0.15, 0.2) is 0 Å². The zero-order valence-electron chi connectivity index (χ0n) is 10.4. The summed E-state index contributed by atoms with van der Waals surface area (Å²) < 4.78 is 14.4. The largest absolute Gasteiger partial charge is 0.392 e. The molecule has 96 valence electrons. The SMILES string of the molecule is CC(NCC(O)C(C)C)c1ccc(Br)cc1F. The molecular weight excluding hydrogens is 285 g/mol. The summed E-state index contributed by atoms with van der Waals surface area (Å²) in [5.41, 5.74) is 0.615. The number of hydrogen-bond donors (Lipinski definition) is 2. The Labute approximate surface area is 110 Å². The van der Waals surface area contributed by atoms with Gasteiger partial charge in [0, 0.05) is 22.6 Å². The summed E-state index contributed by atoms with van der Waals surface area (Å²) in [5, 5.41) is 12.8. The van der Waals surface area contributed by atoms with E-state index in [0.29, 0.717) is 12.1 Å². The molecule has 2 unspecified atom stereocenters. The molecule has 2 nitrogen and oxygen atoms in total. The summed E-state index contributed by atoms with van der Waals surface area (Å²) in [6, 6.07) is 4.90. The van der Waals surface area contributed by atoms with Gasteiger partial charge in [-0.2, -0.15) is 0 Å². The summed E-state index contributed by atoms with van der Waals surface area (Å²) in [5.74, 6) is -0.0390. The smallest absolute Gasteiger partial charge is 0.129 e. The molecule has 1 aromatic carbocycles. The highest BCUT2D eigenvalue weighted by Crippen LogP contribution is 2.20. The molecule has 17 heavy (non-hydrogen) atoms. The van der Waals surface area contributed by atoms with Crippen molar-refractivity contribution in [2.75, 3.05) is 6.54 Å². The van der Waals surface area contributed by atoms with E-state index in [-0.39, 0.29) is 17.8 Å². The fraction of sp³-hybridized carbons (Fsp3) is 0.538. The first-order valence-electron chi connectivity index (χ1n) is 5.78. The molecule has 1 aromatic rings. The standard InChI is InChI=1S/C13H19BrFNO/c1-8(2)13(17)7-16-9(3)11-5-4-10(14)6-12(11)15/h4-6,8-9,13,16-17H,7H2,1-3H3. The predicted octanol–water partition coefficient (Wildman–Crippen LogP) is 3.26. The minimum atomic E-state index is -0.407. The van der Waals surface area contributed by atoms with E-state index in [1.165, 1.54) is 6.07 Å². The summed E-state index contributed by atoms with van der Waals surface area (Å²) >= 11 is 3.23. The van der Waals surface area contributed by atoms with Gasteiger partial charge in [-0.05, 0) is 25.0 Å². The topological polar surface area (TPSA) is 32.3 Å². The number of nitrogens with one attached hydrogen (secondary N) is 1. The van der Waals surface area contributed by atoms with E-state index in [4.69, 9.17) is 0 Å². The Balaban J connectivity index is 2.61. The lowest BCUT2D eigenvalue weighted by Gasteiger charge is -2.20.